The smallest absolute Gasteiger partial charge is 0.313 e. The molecule has 2 amide bonds. The highest BCUT2D eigenvalue weighted by molar-refractivity contribution is 6.39. The van der Waals surface area contributed by atoms with Crippen molar-refractivity contribution in [1.82, 2.24) is 5.32 Å². The van der Waals surface area contributed by atoms with Crippen LogP contribution in [-0.2, 0) is 9.59 Å². The number of aliphatic hydroxyl groups is 1. The van der Waals surface area contributed by atoms with E-state index in [4.69, 9.17) is 5.11 Å². The second-order valence-corrected chi connectivity index (χ2v) is 5.39. The molecule has 0 aliphatic heterocycles. The predicted molar refractivity (Wildman–Crippen MR) is 78.7 cm³/mol. The number of hydrogen-bond donors (Lipinski definition) is 3. The maximum Gasteiger partial charge on any atom is 0.313 e. The van der Waals surface area contributed by atoms with E-state index in [1.807, 2.05) is 31.1 Å². The number of nitrogens with one attached hydrogen (secondary N) is 2. The van der Waals surface area contributed by atoms with E-state index in [1.165, 1.54) is 0 Å². The van der Waals surface area contributed by atoms with E-state index in [0.717, 1.165) is 5.69 Å². The average molecular weight is 279 g/mol. The molecule has 1 aromatic carbocycles. The highest BCUT2D eigenvalue weighted by atomic mass is 16.3. The maximum atomic E-state index is 11.7. The Morgan fingerprint density at radius 3 is 2.15 bits per heavy atom. The molecule has 0 unspecified atom stereocenters. The van der Waals surface area contributed by atoms with Gasteiger partial charge in [-0.1, -0.05) is 0 Å². The van der Waals surface area contributed by atoms with Crippen molar-refractivity contribution in [1.29, 1.82) is 0 Å². The minimum Gasteiger partial charge on any atom is -0.394 e. The van der Waals surface area contributed by atoms with Crippen LogP contribution in [0.15, 0.2) is 24.3 Å². The van der Waals surface area contributed by atoms with Gasteiger partial charge >= 0.3 is 11.8 Å². The summed E-state index contributed by atoms with van der Waals surface area (Å²) in [5.74, 6) is -1.54. The standard InChI is InChI=1S/C14H21N3O3/c1-14(2,9-18)16-13(20)12(19)15-10-5-7-11(8-6-10)17(3)4/h5-8,18H,9H2,1-4H3,(H,15,19)(H,16,20). The van der Waals surface area contributed by atoms with Gasteiger partial charge in [-0.15, -0.1) is 0 Å². The molecule has 110 valence electrons. The van der Waals surface area contributed by atoms with Crippen molar-refractivity contribution in [2.75, 3.05) is 30.9 Å². The lowest BCUT2D eigenvalue weighted by molar-refractivity contribution is -0.137. The van der Waals surface area contributed by atoms with Crippen molar-refractivity contribution in [2.24, 2.45) is 0 Å². The van der Waals surface area contributed by atoms with Crippen molar-refractivity contribution in [3.8, 4) is 0 Å². The Bertz CT molecular complexity index is 481. The van der Waals surface area contributed by atoms with Gasteiger partial charge in [0.2, 0.25) is 0 Å². The summed E-state index contributed by atoms with van der Waals surface area (Å²) in [5.41, 5.74) is 0.704. The lowest BCUT2D eigenvalue weighted by atomic mass is 10.1. The summed E-state index contributed by atoms with van der Waals surface area (Å²) in [7, 11) is 3.83. The van der Waals surface area contributed by atoms with E-state index >= 15 is 0 Å². The summed E-state index contributed by atoms with van der Waals surface area (Å²) in [4.78, 5) is 25.3. The Balaban J connectivity index is 2.64. The third-order valence-electron chi connectivity index (χ3n) is 2.70. The van der Waals surface area contributed by atoms with Crippen LogP contribution in [-0.4, -0.2) is 43.2 Å². The zero-order chi connectivity index (χ0) is 15.3. The molecule has 0 saturated carbocycles. The topological polar surface area (TPSA) is 81.7 Å². The van der Waals surface area contributed by atoms with Crippen LogP contribution in [0.25, 0.3) is 0 Å². The van der Waals surface area contributed by atoms with E-state index < -0.39 is 17.4 Å². The van der Waals surface area contributed by atoms with Crippen LogP contribution in [0.1, 0.15) is 13.8 Å². The molecule has 0 aliphatic carbocycles. The minimum absolute atomic E-state index is 0.246. The highest BCUT2D eigenvalue weighted by Gasteiger charge is 2.23. The van der Waals surface area contributed by atoms with Gasteiger partial charge in [-0.05, 0) is 38.1 Å². The van der Waals surface area contributed by atoms with Gasteiger partial charge in [0, 0.05) is 25.5 Å². The zero-order valence-electron chi connectivity index (χ0n) is 12.2. The number of hydrogen-bond acceptors (Lipinski definition) is 4. The van der Waals surface area contributed by atoms with Crippen molar-refractivity contribution in [3.05, 3.63) is 24.3 Å². The maximum absolute atomic E-state index is 11.7. The molecule has 0 bridgehead atoms. The fraction of sp³-hybridized carbons (Fsp3) is 0.429. The Hall–Kier alpha value is -2.08. The van der Waals surface area contributed by atoms with Crippen LogP contribution in [0.5, 0.6) is 0 Å². The molecule has 0 aromatic heterocycles. The molecule has 1 rings (SSSR count). The Kier molecular flexibility index (Phi) is 5.10. The van der Waals surface area contributed by atoms with Gasteiger partial charge in [-0.3, -0.25) is 9.59 Å². The lowest BCUT2D eigenvalue weighted by Crippen LogP contribution is -2.50. The number of carbonyl (C=O) groups is 2. The van der Waals surface area contributed by atoms with Gasteiger partial charge in [0.15, 0.2) is 0 Å². The molecular weight excluding hydrogens is 258 g/mol. The number of benzene rings is 1. The van der Waals surface area contributed by atoms with Gasteiger partial charge in [0.25, 0.3) is 0 Å². The quantitative estimate of drug-likeness (QED) is 0.704. The highest BCUT2D eigenvalue weighted by Crippen LogP contribution is 2.15. The van der Waals surface area contributed by atoms with Gasteiger partial charge in [0.1, 0.15) is 0 Å². The second-order valence-electron chi connectivity index (χ2n) is 5.39. The van der Waals surface area contributed by atoms with E-state index in [1.54, 1.807) is 26.0 Å². The number of amides is 2. The average Bonchev–Trinajstić information content (AvgIpc) is 2.38. The molecule has 6 nitrogen and oxygen atoms in total. The summed E-state index contributed by atoms with van der Waals surface area (Å²) in [6.45, 7) is 3.01. The van der Waals surface area contributed by atoms with Crippen LogP contribution in [0.4, 0.5) is 11.4 Å². The molecule has 0 atom stereocenters. The van der Waals surface area contributed by atoms with Crippen molar-refractivity contribution in [2.45, 2.75) is 19.4 Å². The van der Waals surface area contributed by atoms with E-state index in [9.17, 15) is 9.59 Å². The van der Waals surface area contributed by atoms with Gasteiger partial charge < -0.3 is 20.6 Å². The lowest BCUT2D eigenvalue weighted by Gasteiger charge is -2.22. The molecule has 1 aromatic rings. The molecule has 0 spiro atoms. The zero-order valence-corrected chi connectivity index (χ0v) is 12.2. The summed E-state index contributed by atoms with van der Waals surface area (Å²) < 4.78 is 0. The molecule has 6 heteroatoms. The molecule has 0 radical (unpaired) electrons. The number of aliphatic hydroxyl groups excluding tert-OH is 1. The Morgan fingerprint density at radius 1 is 1.15 bits per heavy atom. The van der Waals surface area contributed by atoms with Gasteiger partial charge in [-0.2, -0.15) is 0 Å². The third-order valence-corrected chi connectivity index (χ3v) is 2.70. The van der Waals surface area contributed by atoms with Crippen LogP contribution >= 0.6 is 0 Å². The molecule has 20 heavy (non-hydrogen) atoms. The SMILES string of the molecule is CN(C)c1ccc(NC(=O)C(=O)NC(C)(C)CO)cc1. The van der Waals surface area contributed by atoms with E-state index in [-0.39, 0.29) is 6.61 Å². The molecule has 0 aliphatic rings. The minimum atomic E-state index is -0.830. The molecule has 0 saturated heterocycles. The molecular formula is C14H21N3O3. The summed E-state index contributed by atoms with van der Waals surface area (Å²) >= 11 is 0. The first-order valence-electron chi connectivity index (χ1n) is 6.27. The first-order valence-corrected chi connectivity index (χ1v) is 6.27. The predicted octanol–water partition coefficient (Wildman–Crippen LogP) is 0.578. The largest absolute Gasteiger partial charge is 0.394 e. The summed E-state index contributed by atoms with van der Waals surface area (Å²) in [6.07, 6.45) is 0. The fourth-order valence-electron chi connectivity index (χ4n) is 1.43. The van der Waals surface area contributed by atoms with E-state index in [2.05, 4.69) is 10.6 Å². The van der Waals surface area contributed by atoms with Gasteiger partial charge in [-0.25, -0.2) is 0 Å². The molecule has 0 fully saturated rings. The number of carbonyl (C=O) groups excluding carboxylic acids is 2. The molecule has 0 heterocycles. The van der Waals surface area contributed by atoms with E-state index in [0.29, 0.717) is 5.69 Å². The van der Waals surface area contributed by atoms with Crippen molar-refractivity contribution >= 4 is 23.2 Å². The van der Waals surface area contributed by atoms with Crippen molar-refractivity contribution in [3.63, 3.8) is 0 Å². The van der Waals surface area contributed by atoms with Crippen LogP contribution in [0, 0.1) is 0 Å². The first kappa shape index (κ1) is 16.0. The number of rotatable bonds is 4. The van der Waals surface area contributed by atoms with Crippen LogP contribution in [0.2, 0.25) is 0 Å². The monoisotopic (exact) mass is 279 g/mol. The fourth-order valence-corrected chi connectivity index (χ4v) is 1.43. The van der Waals surface area contributed by atoms with Crippen LogP contribution in [0.3, 0.4) is 0 Å². The first-order chi connectivity index (χ1) is 9.25. The number of nitrogens with zero attached hydrogens (tertiary/aromatic N) is 1. The summed E-state index contributed by atoms with van der Waals surface area (Å²) in [5, 5.41) is 14.0. The third kappa shape index (κ3) is 4.55. The Labute approximate surface area is 118 Å². The Morgan fingerprint density at radius 2 is 1.70 bits per heavy atom. The second kappa shape index (κ2) is 6.38. The van der Waals surface area contributed by atoms with Gasteiger partial charge in [0.05, 0.1) is 12.1 Å². The normalized spacial score (nSPS) is 10.8. The van der Waals surface area contributed by atoms with Crippen molar-refractivity contribution < 1.29 is 14.7 Å². The number of anilines is 2. The van der Waals surface area contributed by atoms with Crippen LogP contribution < -0.4 is 15.5 Å². The molecule has 3 N–H and O–H groups in total. The summed E-state index contributed by atoms with van der Waals surface area (Å²) in [6, 6.07) is 7.12.